The molecule has 0 aliphatic rings. The van der Waals surface area contributed by atoms with Crippen LogP contribution in [0.3, 0.4) is 0 Å². The summed E-state index contributed by atoms with van der Waals surface area (Å²) in [6.07, 6.45) is 1.04. The first-order chi connectivity index (χ1) is 2.77. The average molecular weight is 86.2 g/mol. The van der Waals surface area contributed by atoms with Gasteiger partial charge < -0.3 is 0 Å². The van der Waals surface area contributed by atoms with Gasteiger partial charge in [0.1, 0.15) is 0 Å². The fraction of sp³-hybridized carbons (Fsp3) is 1.00. The van der Waals surface area contributed by atoms with E-state index in [9.17, 15) is 0 Å². The van der Waals surface area contributed by atoms with Gasteiger partial charge in [-0.3, -0.25) is 5.73 Å². The minimum atomic E-state index is 0.581. The highest BCUT2D eigenvalue weighted by Gasteiger charge is 1.86. The van der Waals surface area contributed by atoms with Gasteiger partial charge in [-0.2, -0.15) is 0 Å². The molecule has 0 unspecified atom stereocenters. The van der Waals surface area contributed by atoms with Crippen LogP contribution >= 0.6 is 0 Å². The Bertz CT molecular complexity index is 25.1. The third kappa shape index (κ3) is 3.96. The summed E-state index contributed by atoms with van der Waals surface area (Å²) in [5, 5.41) is 0. The lowest BCUT2D eigenvalue weighted by atomic mass is 10.1. The molecule has 0 aromatic heterocycles. The average Bonchev–Trinajstić information content (AvgIpc) is 1.35. The molecule has 0 fully saturated rings. The maximum absolute atomic E-state index is 6.73. The van der Waals surface area contributed by atoms with Gasteiger partial charge in [0.05, 0.1) is 0 Å². The maximum atomic E-state index is 6.73. The molecule has 0 aliphatic carbocycles. The number of rotatable bonds is 2. The zero-order valence-electron chi connectivity index (χ0n) is 4.49. The van der Waals surface area contributed by atoms with Crippen molar-refractivity contribution >= 4 is 0 Å². The van der Waals surface area contributed by atoms with Gasteiger partial charge in [0, 0.05) is 6.54 Å². The van der Waals surface area contributed by atoms with Crippen molar-refractivity contribution in [2.24, 2.45) is 5.92 Å². The van der Waals surface area contributed by atoms with E-state index in [4.69, 9.17) is 5.73 Å². The molecule has 1 N–H and O–H groups in total. The number of nitrogens with one attached hydrogen (secondary N) is 1. The maximum Gasteiger partial charge on any atom is 0.0102 e. The highest BCUT2D eigenvalue weighted by atomic mass is 14.5. The van der Waals surface area contributed by atoms with Gasteiger partial charge in [0.2, 0.25) is 0 Å². The fourth-order valence-electron chi connectivity index (χ4n) is 0.289. The van der Waals surface area contributed by atoms with Crippen molar-refractivity contribution in [3.8, 4) is 0 Å². The van der Waals surface area contributed by atoms with Crippen LogP contribution in [-0.2, 0) is 0 Å². The third-order valence-electron chi connectivity index (χ3n) is 0.722. The van der Waals surface area contributed by atoms with Gasteiger partial charge in [-0.1, -0.05) is 13.8 Å². The van der Waals surface area contributed by atoms with Crippen LogP contribution in [0.5, 0.6) is 0 Å². The minimum absolute atomic E-state index is 0.581. The molecule has 0 bridgehead atoms. The molecular weight excluding hydrogens is 74.1 g/mol. The van der Waals surface area contributed by atoms with E-state index in [1.807, 2.05) is 0 Å². The molecule has 1 radical (unpaired) electrons. The lowest BCUT2D eigenvalue weighted by Gasteiger charge is -1.95. The van der Waals surface area contributed by atoms with Gasteiger partial charge in [-0.05, 0) is 12.3 Å². The van der Waals surface area contributed by atoms with Crippen LogP contribution in [0.15, 0.2) is 0 Å². The van der Waals surface area contributed by atoms with E-state index in [0.717, 1.165) is 6.42 Å². The van der Waals surface area contributed by atoms with Crippen molar-refractivity contribution in [2.45, 2.75) is 20.3 Å². The molecule has 0 aliphatic heterocycles. The zero-order valence-corrected chi connectivity index (χ0v) is 4.49. The van der Waals surface area contributed by atoms with E-state index < -0.39 is 0 Å². The molecule has 0 spiro atoms. The summed E-state index contributed by atoms with van der Waals surface area (Å²) < 4.78 is 0. The van der Waals surface area contributed by atoms with E-state index in [-0.39, 0.29) is 0 Å². The van der Waals surface area contributed by atoms with Crippen molar-refractivity contribution < 1.29 is 0 Å². The molecule has 0 aromatic carbocycles. The third-order valence-corrected chi connectivity index (χ3v) is 0.722. The van der Waals surface area contributed by atoms with Crippen molar-refractivity contribution in [3.63, 3.8) is 0 Å². The molecule has 0 saturated heterocycles. The standard InChI is InChI=1S/C5H12N/c1-5(2)3-4-6/h5-6H,3-4H2,1-2H3. The summed E-state index contributed by atoms with van der Waals surface area (Å²) in [4.78, 5) is 0. The molecule has 1 nitrogen and oxygen atoms in total. The summed E-state index contributed by atoms with van der Waals surface area (Å²) in [5.74, 6) is 0.711. The van der Waals surface area contributed by atoms with Gasteiger partial charge in [0.15, 0.2) is 0 Å². The summed E-state index contributed by atoms with van der Waals surface area (Å²) in [5.41, 5.74) is 6.73. The van der Waals surface area contributed by atoms with Crippen LogP contribution in [-0.4, -0.2) is 6.54 Å². The molecule has 0 rings (SSSR count). The Morgan fingerprint density at radius 1 is 1.50 bits per heavy atom. The molecule has 1 heteroatoms. The Labute approximate surface area is 39.5 Å². The smallest absolute Gasteiger partial charge is 0.0102 e. The molecule has 6 heavy (non-hydrogen) atoms. The highest BCUT2D eigenvalue weighted by Crippen LogP contribution is 1.94. The first kappa shape index (κ1) is 5.96. The topological polar surface area (TPSA) is 23.8 Å². The monoisotopic (exact) mass is 86.1 g/mol. The van der Waals surface area contributed by atoms with Crippen LogP contribution in [0.25, 0.3) is 0 Å². The Hall–Kier alpha value is -0.0400. The molecule has 0 heterocycles. The van der Waals surface area contributed by atoms with E-state index >= 15 is 0 Å². The first-order valence-corrected chi connectivity index (χ1v) is 2.42. The molecule has 0 atom stereocenters. The predicted octanol–water partition coefficient (Wildman–Crippen LogP) is 1.32. The summed E-state index contributed by atoms with van der Waals surface area (Å²) >= 11 is 0. The predicted molar refractivity (Wildman–Crippen MR) is 27.4 cm³/mol. The molecule has 0 amide bonds. The van der Waals surface area contributed by atoms with Gasteiger partial charge >= 0.3 is 0 Å². The van der Waals surface area contributed by atoms with Crippen LogP contribution in [0, 0.1) is 5.92 Å². The molecule has 0 saturated carbocycles. The second kappa shape index (κ2) is 3.16. The van der Waals surface area contributed by atoms with Crippen LogP contribution < -0.4 is 5.73 Å². The molecule has 0 aromatic rings. The first-order valence-electron chi connectivity index (χ1n) is 2.42. The van der Waals surface area contributed by atoms with Crippen molar-refractivity contribution in [2.75, 3.05) is 6.54 Å². The Balaban J connectivity index is 2.63. The minimum Gasteiger partial charge on any atom is -0.258 e. The van der Waals surface area contributed by atoms with Crippen molar-refractivity contribution in [1.82, 2.24) is 5.73 Å². The largest absolute Gasteiger partial charge is 0.258 e. The summed E-state index contributed by atoms with van der Waals surface area (Å²) in [7, 11) is 0. The van der Waals surface area contributed by atoms with Crippen molar-refractivity contribution in [3.05, 3.63) is 0 Å². The van der Waals surface area contributed by atoms with E-state index in [1.165, 1.54) is 0 Å². The van der Waals surface area contributed by atoms with Crippen LogP contribution in [0.4, 0.5) is 0 Å². The second-order valence-electron chi connectivity index (χ2n) is 1.93. The lowest BCUT2D eigenvalue weighted by molar-refractivity contribution is 0.591. The Morgan fingerprint density at radius 3 is 2.00 bits per heavy atom. The number of hydrogen-bond donors (Lipinski definition) is 0. The Morgan fingerprint density at radius 2 is 2.00 bits per heavy atom. The highest BCUT2D eigenvalue weighted by molar-refractivity contribution is 4.41. The van der Waals surface area contributed by atoms with Gasteiger partial charge in [-0.15, -0.1) is 0 Å². The lowest BCUT2D eigenvalue weighted by Crippen LogP contribution is -1.91. The Kier molecular flexibility index (Phi) is 3.14. The SMILES string of the molecule is CC(C)CC[NH]. The molecular formula is C5H12N. The summed E-state index contributed by atoms with van der Waals surface area (Å²) in [6, 6.07) is 0. The van der Waals surface area contributed by atoms with E-state index in [2.05, 4.69) is 13.8 Å². The fourth-order valence-corrected chi connectivity index (χ4v) is 0.289. The zero-order chi connectivity index (χ0) is 4.99. The second-order valence-corrected chi connectivity index (χ2v) is 1.93. The summed E-state index contributed by atoms with van der Waals surface area (Å²) in [6.45, 7) is 4.85. The van der Waals surface area contributed by atoms with E-state index in [1.54, 1.807) is 0 Å². The van der Waals surface area contributed by atoms with Gasteiger partial charge in [-0.25, -0.2) is 0 Å². The number of hydrogen-bond acceptors (Lipinski definition) is 0. The van der Waals surface area contributed by atoms with E-state index in [0.29, 0.717) is 12.5 Å². The van der Waals surface area contributed by atoms with Gasteiger partial charge in [0.25, 0.3) is 0 Å². The quantitative estimate of drug-likeness (QED) is 0.484. The van der Waals surface area contributed by atoms with Crippen molar-refractivity contribution in [1.29, 1.82) is 0 Å². The normalized spacial score (nSPS) is 10.0. The molecule has 37 valence electrons. The van der Waals surface area contributed by atoms with Crippen LogP contribution in [0.2, 0.25) is 0 Å². The van der Waals surface area contributed by atoms with Crippen LogP contribution in [0.1, 0.15) is 20.3 Å².